The summed E-state index contributed by atoms with van der Waals surface area (Å²) in [6.07, 6.45) is 0. The standard InChI is InChI=1S/C4H12O3Si.O3S/c1-5-8(4,6-2)7-3;1-4(2)3/h1-4H3;. The first-order valence-electron chi connectivity index (χ1n) is 2.84. The molecule has 0 fully saturated rings. The summed E-state index contributed by atoms with van der Waals surface area (Å²) in [5.74, 6) is 0. The molecule has 12 heavy (non-hydrogen) atoms. The van der Waals surface area contributed by atoms with Crippen molar-refractivity contribution in [1.82, 2.24) is 0 Å². The Morgan fingerprint density at radius 3 is 1.08 bits per heavy atom. The largest absolute Gasteiger partial charge is 0.496 e. The van der Waals surface area contributed by atoms with Gasteiger partial charge < -0.3 is 13.3 Å². The minimum Gasteiger partial charge on any atom is -0.377 e. The molecule has 0 unspecified atom stereocenters. The van der Waals surface area contributed by atoms with E-state index >= 15 is 0 Å². The molecule has 6 nitrogen and oxygen atoms in total. The molecule has 8 heteroatoms. The summed E-state index contributed by atoms with van der Waals surface area (Å²) in [5, 5.41) is 0. The molecular formula is C4H12O6SSi. The van der Waals surface area contributed by atoms with Crippen molar-refractivity contribution < 1.29 is 25.9 Å². The average molecular weight is 216 g/mol. The molecule has 0 aromatic heterocycles. The van der Waals surface area contributed by atoms with Gasteiger partial charge in [-0.25, -0.2) is 0 Å². The minimum atomic E-state index is -3.11. The summed E-state index contributed by atoms with van der Waals surface area (Å²) >= 11 is 0. The molecule has 0 saturated heterocycles. The summed E-state index contributed by atoms with van der Waals surface area (Å²) < 4.78 is 40.1. The Morgan fingerprint density at radius 2 is 1.08 bits per heavy atom. The van der Waals surface area contributed by atoms with Crippen LogP contribution in [0, 0.1) is 0 Å². The predicted molar refractivity (Wildman–Crippen MR) is 42.3 cm³/mol. The lowest BCUT2D eigenvalue weighted by molar-refractivity contribution is 0.132. The summed E-state index contributed by atoms with van der Waals surface area (Å²) in [6, 6.07) is 0. The van der Waals surface area contributed by atoms with Gasteiger partial charge in [-0.3, -0.25) is 0 Å². The van der Waals surface area contributed by atoms with Crippen LogP contribution in [0.1, 0.15) is 0 Å². The summed E-state index contributed by atoms with van der Waals surface area (Å²) in [7, 11) is -0.535. The Bertz CT molecular complexity index is 178. The summed E-state index contributed by atoms with van der Waals surface area (Å²) in [6.45, 7) is 1.83. The molecule has 0 aliphatic rings. The Labute approximate surface area is 73.9 Å². The molecule has 0 amide bonds. The maximum Gasteiger partial charge on any atom is 0.496 e. The van der Waals surface area contributed by atoms with Crippen molar-refractivity contribution in [1.29, 1.82) is 0 Å². The van der Waals surface area contributed by atoms with Gasteiger partial charge in [0, 0.05) is 27.9 Å². The summed E-state index contributed by atoms with van der Waals surface area (Å²) in [4.78, 5) is 0. The van der Waals surface area contributed by atoms with Gasteiger partial charge in [-0.2, -0.15) is 0 Å². The minimum absolute atomic E-state index is 1.58. The van der Waals surface area contributed by atoms with Crippen LogP contribution >= 0.6 is 0 Å². The molecular weight excluding hydrogens is 204 g/mol. The molecule has 0 bridgehead atoms. The van der Waals surface area contributed by atoms with E-state index < -0.39 is 19.4 Å². The van der Waals surface area contributed by atoms with Crippen LogP contribution in [-0.4, -0.2) is 42.8 Å². The van der Waals surface area contributed by atoms with Crippen LogP contribution in [0.25, 0.3) is 0 Å². The Balaban J connectivity index is 0. The zero-order chi connectivity index (χ0) is 10.2. The van der Waals surface area contributed by atoms with E-state index in [1.807, 2.05) is 6.55 Å². The highest BCUT2D eigenvalue weighted by Crippen LogP contribution is 2.02. The molecule has 0 aromatic rings. The second-order valence-electron chi connectivity index (χ2n) is 1.68. The molecule has 0 aliphatic carbocycles. The molecule has 0 spiro atoms. The lowest BCUT2D eigenvalue weighted by atomic mass is 11.8. The van der Waals surface area contributed by atoms with Gasteiger partial charge in [0.05, 0.1) is 0 Å². The van der Waals surface area contributed by atoms with Crippen LogP contribution in [0.5, 0.6) is 0 Å². The Morgan fingerprint density at radius 1 is 0.917 bits per heavy atom. The van der Waals surface area contributed by atoms with Crippen molar-refractivity contribution >= 4 is 19.4 Å². The first-order chi connectivity index (χ1) is 5.41. The molecule has 0 rings (SSSR count). The lowest BCUT2D eigenvalue weighted by Gasteiger charge is -2.18. The highest BCUT2D eigenvalue weighted by molar-refractivity contribution is 7.59. The van der Waals surface area contributed by atoms with E-state index in [1.54, 1.807) is 21.3 Å². The predicted octanol–water partition coefficient (Wildman–Crippen LogP) is -0.510. The van der Waals surface area contributed by atoms with Crippen LogP contribution in [0.4, 0.5) is 0 Å². The molecule has 0 aromatic carbocycles. The van der Waals surface area contributed by atoms with Crippen LogP contribution < -0.4 is 0 Å². The maximum atomic E-state index is 8.44. The van der Waals surface area contributed by atoms with Gasteiger partial charge >= 0.3 is 19.4 Å². The van der Waals surface area contributed by atoms with Crippen molar-refractivity contribution in [3.8, 4) is 0 Å². The van der Waals surface area contributed by atoms with E-state index in [1.165, 1.54) is 0 Å². The van der Waals surface area contributed by atoms with Crippen molar-refractivity contribution in [3.63, 3.8) is 0 Å². The molecule has 74 valence electrons. The van der Waals surface area contributed by atoms with Crippen LogP contribution in [0.2, 0.25) is 6.55 Å². The smallest absolute Gasteiger partial charge is 0.377 e. The van der Waals surface area contributed by atoms with Gasteiger partial charge in [0.2, 0.25) is 0 Å². The molecule has 0 N–H and O–H groups in total. The third kappa shape index (κ3) is 9.72. The monoisotopic (exact) mass is 216 g/mol. The Hall–Kier alpha value is -0.283. The van der Waals surface area contributed by atoms with Crippen LogP contribution in [0.3, 0.4) is 0 Å². The van der Waals surface area contributed by atoms with E-state index in [-0.39, 0.29) is 0 Å². The number of hydrogen-bond donors (Lipinski definition) is 0. The van der Waals surface area contributed by atoms with Gasteiger partial charge in [0.1, 0.15) is 0 Å². The first kappa shape index (κ1) is 14.3. The fourth-order valence-electron chi connectivity index (χ4n) is 0.250. The van der Waals surface area contributed by atoms with Crippen LogP contribution in [-0.2, 0) is 23.9 Å². The Kier molecular flexibility index (Phi) is 8.75. The normalized spacial score (nSPS) is 10.0. The second-order valence-corrected chi connectivity index (χ2v) is 5.04. The quantitative estimate of drug-likeness (QED) is 0.591. The van der Waals surface area contributed by atoms with Crippen LogP contribution in [0.15, 0.2) is 0 Å². The number of hydrogen-bond acceptors (Lipinski definition) is 6. The highest BCUT2D eigenvalue weighted by atomic mass is 32.2. The highest BCUT2D eigenvalue weighted by Gasteiger charge is 2.29. The van der Waals surface area contributed by atoms with Crippen molar-refractivity contribution in [2.45, 2.75) is 6.55 Å². The zero-order valence-corrected chi connectivity index (χ0v) is 9.17. The molecule has 0 saturated carbocycles. The van der Waals surface area contributed by atoms with Crippen molar-refractivity contribution in [3.05, 3.63) is 0 Å². The molecule has 0 heterocycles. The van der Waals surface area contributed by atoms with E-state index in [2.05, 4.69) is 0 Å². The fourth-order valence-corrected chi connectivity index (χ4v) is 0.750. The van der Waals surface area contributed by atoms with Crippen molar-refractivity contribution in [2.75, 3.05) is 21.3 Å². The van der Waals surface area contributed by atoms with E-state index in [4.69, 9.17) is 25.9 Å². The van der Waals surface area contributed by atoms with E-state index in [0.29, 0.717) is 0 Å². The van der Waals surface area contributed by atoms with Gasteiger partial charge in [-0.15, -0.1) is 12.6 Å². The first-order valence-corrected chi connectivity index (χ1v) is 6.06. The number of rotatable bonds is 3. The average Bonchev–Trinajstić information content (AvgIpc) is 2.02. The molecule has 0 radical (unpaired) electrons. The SMILES string of the molecule is CO[Si](C)(OC)OC.O=S(=O)=O. The maximum absolute atomic E-state index is 8.44. The second kappa shape index (κ2) is 7.37. The van der Waals surface area contributed by atoms with Gasteiger partial charge in [0.15, 0.2) is 0 Å². The lowest BCUT2D eigenvalue weighted by Crippen LogP contribution is -2.38. The summed E-state index contributed by atoms with van der Waals surface area (Å²) in [5.41, 5.74) is 0. The fraction of sp³-hybridized carbons (Fsp3) is 1.00. The van der Waals surface area contributed by atoms with E-state index in [0.717, 1.165) is 0 Å². The van der Waals surface area contributed by atoms with Crippen molar-refractivity contribution in [2.24, 2.45) is 0 Å². The van der Waals surface area contributed by atoms with Gasteiger partial charge in [0.25, 0.3) is 0 Å². The van der Waals surface area contributed by atoms with Gasteiger partial charge in [-0.05, 0) is 0 Å². The third-order valence-corrected chi connectivity index (χ3v) is 3.34. The topological polar surface area (TPSA) is 78.9 Å². The molecule has 0 aliphatic heterocycles. The van der Waals surface area contributed by atoms with E-state index in [9.17, 15) is 0 Å². The molecule has 0 atom stereocenters. The van der Waals surface area contributed by atoms with Gasteiger partial charge in [-0.1, -0.05) is 0 Å². The third-order valence-electron chi connectivity index (χ3n) is 1.11. The zero-order valence-electron chi connectivity index (χ0n) is 7.36.